The number of aryl methyl sites for hydroxylation is 2. The van der Waals surface area contributed by atoms with Crippen LogP contribution in [0.2, 0.25) is 0 Å². The number of rotatable bonds is 10. The van der Waals surface area contributed by atoms with Crippen molar-refractivity contribution in [3.63, 3.8) is 0 Å². The second-order valence-electron chi connectivity index (χ2n) is 10.9. The topological polar surface area (TPSA) is 107 Å². The average Bonchev–Trinajstić information content (AvgIpc) is 2.97. The Balaban J connectivity index is 1.15. The Morgan fingerprint density at radius 3 is 2.87 bits per heavy atom. The lowest BCUT2D eigenvalue weighted by molar-refractivity contribution is -0.138. The average molecular weight is 536 g/mol. The van der Waals surface area contributed by atoms with Gasteiger partial charge in [0.15, 0.2) is 0 Å². The number of amides is 1. The van der Waals surface area contributed by atoms with Crippen molar-refractivity contribution in [2.24, 2.45) is 5.92 Å². The number of pyridine rings is 1. The largest absolute Gasteiger partial charge is 0.481 e. The van der Waals surface area contributed by atoms with Crippen LogP contribution in [0.1, 0.15) is 55.0 Å². The number of aromatic nitrogens is 1. The van der Waals surface area contributed by atoms with Gasteiger partial charge in [-0.05, 0) is 80.9 Å². The van der Waals surface area contributed by atoms with Gasteiger partial charge in [-0.2, -0.15) is 0 Å². The molecule has 4 heterocycles. The quantitative estimate of drug-likeness (QED) is 0.426. The number of piperidine rings is 1. The second-order valence-corrected chi connectivity index (χ2v) is 10.9. The van der Waals surface area contributed by atoms with E-state index in [4.69, 9.17) is 9.72 Å². The van der Waals surface area contributed by atoms with Crippen LogP contribution in [-0.2, 0) is 27.2 Å². The van der Waals surface area contributed by atoms with Crippen molar-refractivity contribution in [3.05, 3.63) is 53.2 Å². The summed E-state index contributed by atoms with van der Waals surface area (Å²) in [5, 5.41) is 16.1. The third-order valence-electron chi connectivity index (χ3n) is 8.08. The van der Waals surface area contributed by atoms with Crippen molar-refractivity contribution in [2.75, 3.05) is 62.7 Å². The van der Waals surface area contributed by atoms with Crippen LogP contribution in [0.25, 0.3) is 0 Å². The highest BCUT2D eigenvalue weighted by atomic mass is 16.5. The molecule has 2 saturated heterocycles. The summed E-state index contributed by atoms with van der Waals surface area (Å²) in [6, 6.07) is 11.7. The zero-order valence-corrected chi connectivity index (χ0v) is 22.7. The van der Waals surface area contributed by atoms with Crippen molar-refractivity contribution in [1.29, 1.82) is 0 Å². The number of anilines is 2. The van der Waals surface area contributed by atoms with Crippen LogP contribution < -0.4 is 15.5 Å². The van der Waals surface area contributed by atoms with E-state index >= 15 is 0 Å². The Bertz CT molecular complexity index is 1140. The maximum atomic E-state index is 13.4. The molecule has 3 N–H and O–H groups in total. The molecule has 3 aliphatic rings. The molecule has 2 unspecified atom stereocenters. The number of carbonyl (C=O) groups is 2. The summed E-state index contributed by atoms with van der Waals surface area (Å²) >= 11 is 0. The summed E-state index contributed by atoms with van der Waals surface area (Å²) in [4.78, 5) is 34.5. The van der Waals surface area contributed by atoms with Crippen molar-refractivity contribution < 1.29 is 19.4 Å². The number of benzene rings is 1. The molecule has 2 fully saturated rings. The molecule has 2 atom stereocenters. The molecule has 0 radical (unpaired) electrons. The van der Waals surface area contributed by atoms with E-state index in [1.54, 1.807) is 0 Å². The predicted molar refractivity (Wildman–Crippen MR) is 151 cm³/mol. The van der Waals surface area contributed by atoms with Crippen molar-refractivity contribution in [3.8, 4) is 0 Å². The molecule has 9 heteroatoms. The lowest BCUT2D eigenvalue weighted by Crippen LogP contribution is -2.44. The number of hydrogen-bond donors (Lipinski definition) is 3. The molecule has 5 rings (SSSR count). The van der Waals surface area contributed by atoms with E-state index in [-0.39, 0.29) is 18.2 Å². The molecule has 0 bridgehead atoms. The number of fused-ring (bicyclic) bond motifs is 1. The minimum absolute atomic E-state index is 0.0508. The standard InChI is InChI=1S/C30H41N5O4/c36-28(37)20-27(23-5-1-9-26(19-23)35-15-17-39-18-16-35)33-30(38)24-7-3-13-34(21-24)14-4-8-25-11-10-22-6-2-12-31-29(22)32-25/h1,5,9-11,19,24,27H,2-4,6-8,12-18,20-21H2,(H,31,32)(H,33,38)(H,36,37). The van der Waals surface area contributed by atoms with Crippen LogP contribution in [0.3, 0.4) is 0 Å². The smallest absolute Gasteiger partial charge is 0.305 e. The summed E-state index contributed by atoms with van der Waals surface area (Å²) in [6.07, 6.45) is 5.83. The number of carboxylic acids is 1. The highest BCUT2D eigenvalue weighted by Gasteiger charge is 2.28. The molecule has 9 nitrogen and oxygen atoms in total. The lowest BCUT2D eigenvalue weighted by atomic mass is 9.95. The van der Waals surface area contributed by atoms with Gasteiger partial charge in [0.1, 0.15) is 5.82 Å². The fraction of sp³-hybridized carbons (Fsp3) is 0.567. The maximum Gasteiger partial charge on any atom is 0.305 e. The van der Waals surface area contributed by atoms with E-state index in [1.807, 2.05) is 24.3 Å². The SMILES string of the molecule is O=C(O)CC(NC(=O)C1CCCN(CCCc2ccc3c(n2)NCCC3)C1)c1cccc(N2CCOCC2)c1. The Morgan fingerprint density at radius 2 is 2.03 bits per heavy atom. The van der Waals surface area contributed by atoms with Crippen LogP contribution in [0, 0.1) is 5.92 Å². The number of morpholine rings is 1. The number of aliphatic carboxylic acids is 1. The van der Waals surface area contributed by atoms with Gasteiger partial charge >= 0.3 is 5.97 Å². The molecule has 3 aliphatic heterocycles. The van der Waals surface area contributed by atoms with Crippen molar-refractivity contribution in [2.45, 2.75) is 51.0 Å². The van der Waals surface area contributed by atoms with Gasteiger partial charge in [-0.25, -0.2) is 4.98 Å². The fourth-order valence-electron chi connectivity index (χ4n) is 5.94. The Hall–Kier alpha value is -3.17. The van der Waals surface area contributed by atoms with Gasteiger partial charge in [-0.3, -0.25) is 9.59 Å². The number of nitrogens with one attached hydrogen (secondary N) is 2. The first-order chi connectivity index (χ1) is 19.0. The van der Waals surface area contributed by atoms with Gasteiger partial charge in [0.25, 0.3) is 0 Å². The molecule has 39 heavy (non-hydrogen) atoms. The first-order valence-corrected chi connectivity index (χ1v) is 14.4. The maximum absolute atomic E-state index is 13.4. The highest BCUT2D eigenvalue weighted by Crippen LogP contribution is 2.26. The normalized spacial score (nSPS) is 20.5. The van der Waals surface area contributed by atoms with Gasteiger partial charge in [0, 0.05) is 37.6 Å². The van der Waals surface area contributed by atoms with Gasteiger partial charge in [-0.1, -0.05) is 18.2 Å². The Morgan fingerprint density at radius 1 is 1.15 bits per heavy atom. The summed E-state index contributed by atoms with van der Waals surface area (Å²) in [6.45, 7) is 6.58. The van der Waals surface area contributed by atoms with E-state index in [1.165, 1.54) is 5.56 Å². The van der Waals surface area contributed by atoms with Crippen molar-refractivity contribution >= 4 is 23.4 Å². The third-order valence-corrected chi connectivity index (χ3v) is 8.08. The monoisotopic (exact) mass is 535 g/mol. The Kier molecular flexibility index (Phi) is 9.32. The van der Waals surface area contributed by atoms with Crippen LogP contribution >= 0.6 is 0 Å². The van der Waals surface area contributed by atoms with E-state index in [0.717, 1.165) is 94.0 Å². The van der Waals surface area contributed by atoms with Crippen molar-refractivity contribution in [1.82, 2.24) is 15.2 Å². The van der Waals surface area contributed by atoms with Crippen LogP contribution in [0.5, 0.6) is 0 Å². The molecule has 0 aliphatic carbocycles. The molecule has 2 aromatic rings. The predicted octanol–water partition coefficient (Wildman–Crippen LogP) is 3.25. The van der Waals surface area contributed by atoms with Crippen LogP contribution in [0.4, 0.5) is 11.5 Å². The summed E-state index contributed by atoms with van der Waals surface area (Å²) < 4.78 is 5.46. The Labute approximate surface area is 230 Å². The molecule has 210 valence electrons. The first kappa shape index (κ1) is 27.4. The minimum Gasteiger partial charge on any atom is -0.481 e. The highest BCUT2D eigenvalue weighted by molar-refractivity contribution is 5.80. The number of nitrogens with zero attached hydrogens (tertiary/aromatic N) is 3. The lowest BCUT2D eigenvalue weighted by Gasteiger charge is -2.33. The first-order valence-electron chi connectivity index (χ1n) is 14.4. The minimum atomic E-state index is -0.923. The second kappa shape index (κ2) is 13.3. The molecule has 0 saturated carbocycles. The van der Waals surface area contributed by atoms with E-state index in [2.05, 4.69) is 32.6 Å². The number of carbonyl (C=O) groups excluding carboxylic acids is 1. The summed E-state index contributed by atoms with van der Waals surface area (Å²) in [5.41, 5.74) is 4.29. The number of likely N-dealkylation sites (tertiary alicyclic amines) is 1. The van der Waals surface area contributed by atoms with Crippen LogP contribution in [-0.4, -0.2) is 79.3 Å². The number of ether oxygens (including phenoxy) is 1. The van der Waals surface area contributed by atoms with Gasteiger partial charge in [0.2, 0.25) is 5.91 Å². The molecular weight excluding hydrogens is 494 g/mol. The fourth-order valence-corrected chi connectivity index (χ4v) is 5.94. The van der Waals surface area contributed by atoms with Gasteiger partial charge in [-0.15, -0.1) is 0 Å². The van der Waals surface area contributed by atoms with Gasteiger partial charge in [0.05, 0.1) is 31.6 Å². The zero-order valence-electron chi connectivity index (χ0n) is 22.7. The van der Waals surface area contributed by atoms with E-state index < -0.39 is 12.0 Å². The number of hydrogen-bond acceptors (Lipinski definition) is 7. The van der Waals surface area contributed by atoms with Crippen LogP contribution in [0.15, 0.2) is 36.4 Å². The number of carboxylic acid groups (broad SMARTS) is 1. The third kappa shape index (κ3) is 7.48. The molecule has 0 spiro atoms. The molecule has 1 amide bonds. The molecule has 1 aromatic heterocycles. The zero-order chi connectivity index (χ0) is 27.0. The molecular formula is C30H41N5O4. The molecule has 1 aromatic carbocycles. The van der Waals surface area contributed by atoms with E-state index in [0.29, 0.717) is 19.8 Å². The van der Waals surface area contributed by atoms with E-state index in [9.17, 15) is 14.7 Å². The summed E-state index contributed by atoms with van der Waals surface area (Å²) in [5.74, 6) is -0.0677. The summed E-state index contributed by atoms with van der Waals surface area (Å²) in [7, 11) is 0. The van der Waals surface area contributed by atoms with Gasteiger partial charge < -0.3 is 30.3 Å².